The van der Waals surface area contributed by atoms with E-state index in [1.54, 1.807) is 11.3 Å². The molecule has 1 aromatic heterocycles. The molecule has 0 radical (unpaired) electrons. The normalized spacial score (nSPS) is 15.8. The van der Waals surface area contributed by atoms with Gasteiger partial charge in [-0.1, -0.05) is 6.92 Å². The Morgan fingerprint density at radius 3 is 2.79 bits per heavy atom. The van der Waals surface area contributed by atoms with E-state index in [0.29, 0.717) is 0 Å². The molecule has 24 heavy (non-hydrogen) atoms. The van der Waals surface area contributed by atoms with Crippen molar-refractivity contribution in [2.24, 2.45) is 4.99 Å². The molecular weight excluding hydrogens is 437 g/mol. The number of aliphatic imine (C=N–C) groups is 1. The van der Waals surface area contributed by atoms with Gasteiger partial charge in [0.2, 0.25) is 0 Å². The fourth-order valence-corrected chi connectivity index (χ4v) is 3.25. The average Bonchev–Trinajstić information content (AvgIpc) is 3.04. The molecule has 2 heterocycles. The van der Waals surface area contributed by atoms with Gasteiger partial charge in [-0.2, -0.15) is 0 Å². The Labute approximate surface area is 166 Å². The predicted molar refractivity (Wildman–Crippen MR) is 112 cm³/mol. The van der Waals surface area contributed by atoms with Gasteiger partial charge in [-0.3, -0.25) is 9.89 Å². The molecule has 8 heteroatoms. The van der Waals surface area contributed by atoms with Gasteiger partial charge in [-0.05, 0) is 13.3 Å². The molecule has 0 aliphatic carbocycles. The van der Waals surface area contributed by atoms with Gasteiger partial charge < -0.3 is 15.4 Å². The van der Waals surface area contributed by atoms with Gasteiger partial charge in [0.1, 0.15) is 0 Å². The monoisotopic (exact) mass is 467 g/mol. The van der Waals surface area contributed by atoms with E-state index in [-0.39, 0.29) is 24.0 Å². The van der Waals surface area contributed by atoms with E-state index in [9.17, 15) is 0 Å². The maximum absolute atomic E-state index is 5.36. The third kappa shape index (κ3) is 8.09. The molecule has 0 unspecified atom stereocenters. The van der Waals surface area contributed by atoms with Crippen LogP contribution in [0.1, 0.15) is 23.7 Å². The smallest absolute Gasteiger partial charge is 0.191 e. The lowest BCUT2D eigenvalue weighted by Crippen LogP contribution is -2.40. The maximum Gasteiger partial charge on any atom is 0.191 e. The van der Waals surface area contributed by atoms with Crippen LogP contribution < -0.4 is 10.6 Å². The highest BCUT2D eigenvalue weighted by Crippen LogP contribution is 2.13. The summed E-state index contributed by atoms with van der Waals surface area (Å²) < 4.78 is 5.36. The summed E-state index contributed by atoms with van der Waals surface area (Å²) in [5.74, 6) is 0.896. The van der Waals surface area contributed by atoms with Crippen molar-refractivity contribution in [3.63, 3.8) is 0 Å². The molecule has 1 aromatic rings. The number of aromatic nitrogens is 1. The zero-order chi connectivity index (χ0) is 16.3. The summed E-state index contributed by atoms with van der Waals surface area (Å²) in [5, 5.41) is 7.89. The van der Waals surface area contributed by atoms with Crippen LogP contribution in [0.15, 0.2) is 11.2 Å². The van der Waals surface area contributed by atoms with E-state index < -0.39 is 0 Å². The maximum atomic E-state index is 5.36. The summed E-state index contributed by atoms with van der Waals surface area (Å²) in [7, 11) is 0. The number of guanidine groups is 1. The number of thiazole rings is 1. The zero-order valence-corrected chi connectivity index (χ0v) is 17.9. The first-order valence-corrected chi connectivity index (χ1v) is 9.39. The molecule has 1 saturated heterocycles. The number of hydrogen-bond acceptors (Lipinski definition) is 5. The second kappa shape index (κ2) is 12.8. The van der Waals surface area contributed by atoms with Crippen LogP contribution in [0.4, 0.5) is 0 Å². The lowest BCUT2D eigenvalue weighted by atomic mass is 10.4. The summed E-state index contributed by atoms with van der Waals surface area (Å²) in [5.41, 5.74) is 0. The van der Waals surface area contributed by atoms with Crippen LogP contribution in [0.5, 0.6) is 0 Å². The highest BCUT2D eigenvalue weighted by atomic mass is 127. The second-order valence-electron chi connectivity index (χ2n) is 5.47. The Kier molecular flexibility index (Phi) is 11.6. The third-order valence-corrected chi connectivity index (χ3v) is 4.92. The van der Waals surface area contributed by atoms with Gasteiger partial charge in [-0.15, -0.1) is 35.3 Å². The van der Waals surface area contributed by atoms with Crippen molar-refractivity contribution < 1.29 is 4.74 Å². The van der Waals surface area contributed by atoms with Crippen LogP contribution in [-0.2, 0) is 17.6 Å². The number of nitrogens with zero attached hydrogens (tertiary/aromatic N) is 3. The van der Waals surface area contributed by atoms with Gasteiger partial charge in [0.15, 0.2) is 5.96 Å². The number of aryl methyl sites for hydroxylation is 1. The summed E-state index contributed by atoms with van der Waals surface area (Å²) in [6.07, 6.45) is 4.00. The first-order valence-electron chi connectivity index (χ1n) is 8.57. The van der Waals surface area contributed by atoms with Crippen molar-refractivity contribution in [3.8, 4) is 0 Å². The van der Waals surface area contributed by atoms with E-state index in [4.69, 9.17) is 4.74 Å². The number of morpholine rings is 1. The van der Waals surface area contributed by atoms with Crippen molar-refractivity contribution in [3.05, 3.63) is 16.1 Å². The Morgan fingerprint density at radius 1 is 1.33 bits per heavy atom. The minimum absolute atomic E-state index is 0. The van der Waals surface area contributed by atoms with Crippen LogP contribution in [0.25, 0.3) is 0 Å². The molecule has 1 aliphatic heterocycles. The lowest BCUT2D eigenvalue weighted by Gasteiger charge is -2.25. The van der Waals surface area contributed by atoms with Crippen LogP contribution in [0, 0.1) is 0 Å². The van der Waals surface area contributed by atoms with Gasteiger partial charge in [0, 0.05) is 50.2 Å². The largest absolute Gasteiger partial charge is 0.379 e. The number of rotatable bonds is 8. The Morgan fingerprint density at radius 2 is 2.12 bits per heavy atom. The van der Waals surface area contributed by atoms with Crippen molar-refractivity contribution >= 4 is 41.3 Å². The van der Waals surface area contributed by atoms with Gasteiger partial charge >= 0.3 is 0 Å². The lowest BCUT2D eigenvalue weighted by molar-refractivity contribution is 0.0394. The molecule has 0 saturated carbocycles. The predicted octanol–water partition coefficient (Wildman–Crippen LogP) is 1.75. The Bertz CT molecular complexity index is 477. The second-order valence-corrected chi connectivity index (χ2v) is 6.67. The summed E-state index contributed by atoms with van der Waals surface area (Å²) in [6.45, 7) is 11.5. The zero-order valence-electron chi connectivity index (χ0n) is 14.7. The van der Waals surface area contributed by atoms with E-state index in [0.717, 1.165) is 71.3 Å². The molecule has 0 spiro atoms. The average molecular weight is 467 g/mol. The fourth-order valence-electron chi connectivity index (χ4n) is 2.38. The molecule has 0 atom stereocenters. The first-order chi connectivity index (χ1) is 11.3. The molecule has 2 N–H and O–H groups in total. The third-order valence-electron chi connectivity index (χ3n) is 3.72. The summed E-state index contributed by atoms with van der Waals surface area (Å²) in [6, 6.07) is 0. The molecule has 6 nitrogen and oxygen atoms in total. The van der Waals surface area contributed by atoms with Crippen molar-refractivity contribution in [1.82, 2.24) is 20.5 Å². The van der Waals surface area contributed by atoms with Gasteiger partial charge in [-0.25, -0.2) is 4.98 Å². The number of hydrogen-bond donors (Lipinski definition) is 2. The van der Waals surface area contributed by atoms with Crippen LogP contribution >= 0.6 is 35.3 Å². The van der Waals surface area contributed by atoms with Crippen molar-refractivity contribution in [2.45, 2.75) is 26.7 Å². The van der Waals surface area contributed by atoms with Crippen molar-refractivity contribution in [1.29, 1.82) is 0 Å². The molecule has 0 amide bonds. The van der Waals surface area contributed by atoms with E-state index >= 15 is 0 Å². The summed E-state index contributed by atoms with van der Waals surface area (Å²) >= 11 is 1.80. The number of ether oxygens (including phenoxy) is 1. The highest BCUT2D eigenvalue weighted by molar-refractivity contribution is 14.0. The van der Waals surface area contributed by atoms with Crippen LogP contribution in [0.3, 0.4) is 0 Å². The molecule has 2 rings (SSSR count). The SMILES string of the molecule is CCNC(=NCCN1CCOCC1)NCCc1ncc(CC)s1.I. The number of nitrogens with one attached hydrogen (secondary N) is 2. The van der Waals surface area contributed by atoms with Crippen LogP contribution in [-0.4, -0.2) is 68.3 Å². The standard InChI is InChI=1S/C16H29N5OS.HI/c1-3-14-13-20-15(23-14)5-6-18-16(17-4-2)19-7-8-21-9-11-22-12-10-21;/h13H,3-12H2,1-2H3,(H2,17,18,19);1H. The van der Waals surface area contributed by atoms with Crippen molar-refractivity contribution in [2.75, 3.05) is 52.5 Å². The quantitative estimate of drug-likeness (QED) is 0.347. The molecule has 138 valence electrons. The molecule has 0 bridgehead atoms. The molecule has 1 aliphatic rings. The van der Waals surface area contributed by atoms with E-state index in [1.165, 1.54) is 9.88 Å². The minimum Gasteiger partial charge on any atom is -0.379 e. The van der Waals surface area contributed by atoms with E-state index in [1.807, 2.05) is 6.20 Å². The summed E-state index contributed by atoms with van der Waals surface area (Å²) in [4.78, 5) is 12.9. The van der Waals surface area contributed by atoms with Gasteiger partial charge in [0.25, 0.3) is 0 Å². The van der Waals surface area contributed by atoms with Crippen LogP contribution in [0.2, 0.25) is 0 Å². The molecular formula is C16H30IN5OS. The highest BCUT2D eigenvalue weighted by Gasteiger charge is 2.09. The topological polar surface area (TPSA) is 61.8 Å². The molecule has 0 aromatic carbocycles. The van der Waals surface area contributed by atoms with E-state index in [2.05, 4.69) is 39.4 Å². The van der Waals surface area contributed by atoms with Gasteiger partial charge in [0.05, 0.1) is 24.8 Å². The molecule has 1 fully saturated rings. The Balaban J connectivity index is 0.00000288. The fraction of sp³-hybridized carbons (Fsp3) is 0.750. The minimum atomic E-state index is 0. The Hall–Kier alpha value is -0.450. The number of halogens is 1. The first kappa shape index (κ1) is 21.6.